The van der Waals surface area contributed by atoms with Crippen LogP contribution in [-0.4, -0.2) is 10.2 Å². The largest absolute Gasteiger partial charge is 0.278 e. The average molecular weight is 166 g/mol. The molecule has 0 unspecified atom stereocenters. The summed E-state index contributed by atoms with van der Waals surface area (Å²) in [5.74, 6) is 0. The van der Waals surface area contributed by atoms with Crippen LogP contribution in [-0.2, 0) is 0 Å². The van der Waals surface area contributed by atoms with E-state index < -0.39 is 0 Å². The molecule has 0 amide bonds. The normalized spacial score (nSPS) is 12.8. The zero-order valence-electron chi connectivity index (χ0n) is 8.60. The summed E-state index contributed by atoms with van der Waals surface area (Å²) in [7, 11) is 0. The number of aromatic nitrogens is 2. The Labute approximate surface area is 74.0 Å². The van der Waals surface area contributed by atoms with Crippen LogP contribution in [0.5, 0.6) is 0 Å². The number of aryl methyl sites for hydroxylation is 1. The second-order valence-corrected chi connectivity index (χ2v) is 2.21. The lowest BCUT2D eigenvalue weighted by molar-refractivity contribution is 1.03. The topological polar surface area (TPSA) is 28.7 Å². The van der Waals surface area contributed by atoms with Gasteiger partial charge in [0.2, 0.25) is 0 Å². The van der Waals surface area contributed by atoms with Gasteiger partial charge in [-0.3, -0.25) is 5.10 Å². The van der Waals surface area contributed by atoms with E-state index in [9.17, 15) is 0 Å². The number of nitrogens with one attached hydrogen (secondary N) is 1. The van der Waals surface area contributed by atoms with Crippen LogP contribution in [0.4, 0.5) is 0 Å². The Morgan fingerprint density at radius 3 is 2.08 bits per heavy atom. The van der Waals surface area contributed by atoms with Gasteiger partial charge in [0.15, 0.2) is 0 Å². The molecule has 0 fully saturated rings. The molecule has 1 rings (SSSR count). The first-order valence-electron chi connectivity index (χ1n) is 4.43. The first-order valence-corrected chi connectivity index (χ1v) is 4.43. The third-order valence-corrected chi connectivity index (χ3v) is 1.60. The van der Waals surface area contributed by atoms with Crippen molar-refractivity contribution in [3.05, 3.63) is 16.3 Å². The molecule has 0 aliphatic carbocycles. The Balaban J connectivity index is 0.000000561. The van der Waals surface area contributed by atoms with Crippen molar-refractivity contribution in [1.82, 2.24) is 10.2 Å². The van der Waals surface area contributed by atoms with Crippen molar-refractivity contribution >= 4 is 12.2 Å². The molecule has 0 aliphatic heterocycles. The molecule has 68 valence electrons. The highest BCUT2D eigenvalue weighted by atomic mass is 15.1. The van der Waals surface area contributed by atoms with Gasteiger partial charge in [-0.15, -0.1) is 0 Å². The summed E-state index contributed by atoms with van der Waals surface area (Å²) in [5.41, 5.74) is 1.07. The van der Waals surface area contributed by atoms with E-state index in [1.807, 2.05) is 40.7 Å². The number of nitrogens with zero attached hydrogens (tertiary/aromatic N) is 1. The smallest absolute Gasteiger partial charge is 0.0666 e. The zero-order chi connectivity index (χ0) is 9.56. The lowest BCUT2D eigenvalue weighted by Gasteiger charge is -1.75. The fourth-order valence-corrected chi connectivity index (χ4v) is 1.04. The maximum atomic E-state index is 4.07. The fraction of sp³-hybridized carbons (Fsp3) is 0.500. The van der Waals surface area contributed by atoms with Crippen LogP contribution in [0.25, 0.3) is 12.2 Å². The minimum Gasteiger partial charge on any atom is -0.278 e. The standard InChI is InChI=1S/C8H12N2.C2H6/c1-4-7-6(3)9-10-8(7)5-2;1-2/h4-5,10H,1-3H3;1-2H3/b7-4-,8-5+;. The molecule has 0 saturated heterocycles. The van der Waals surface area contributed by atoms with E-state index in [0.29, 0.717) is 0 Å². The zero-order valence-corrected chi connectivity index (χ0v) is 8.60. The van der Waals surface area contributed by atoms with Crippen LogP contribution >= 0.6 is 0 Å². The second kappa shape index (κ2) is 5.58. The Hall–Kier alpha value is -1.05. The van der Waals surface area contributed by atoms with Crippen molar-refractivity contribution < 1.29 is 0 Å². The average Bonchev–Trinajstić information content (AvgIpc) is 2.49. The SMILES string of the molecule is C/C=c1/c(C)n[nH]/c1=C/C.CC. The highest BCUT2D eigenvalue weighted by Crippen LogP contribution is 1.72. The number of hydrogen-bond donors (Lipinski definition) is 1. The van der Waals surface area contributed by atoms with Gasteiger partial charge in [-0.1, -0.05) is 26.0 Å². The molecule has 1 heterocycles. The predicted octanol–water partition coefficient (Wildman–Crippen LogP) is 1.35. The van der Waals surface area contributed by atoms with E-state index in [2.05, 4.69) is 16.3 Å². The molecular weight excluding hydrogens is 148 g/mol. The minimum atomic E-state index is 1.07. The van der Waals surface area contributed by atoms with Gasteiger partial charge in [0.05, 0.1) is 11.0 Å². The Kier molecular flexibility index (Phi) is 5.09. The van der Waals surface area contributed by atoms with Crippen LogP contribution < -0.4 is 10.6 Å². The van der Waals surface area contributed by atoms with E-state index in [4.69, 9.17) is 0 Å². The van der Waals surface area contributed by atoms with E-state index in [1.165, 1.54) is 5.22 Å². The van der Waals surface area contributed by atoms with Crippen LogP contribution in [0.3, 0.4) is 0 Å². The van der Waals surface area contributed by atoms with Gasteiger partial charge in [-0.25, -0.2) is 0 Å². The molecule has 1 N–H and O–H groups in total. The first-order chi connectivity index (χ1) is 5.79. The van der Waals surface area contributed by atoms with Crippen molar-refractivity contribution in [3.8, 4) is 0 Å². The number of aromatic amines is 1. The van der Waals surface area contributed by atoms with Crippen LogP contribution in [0.1, 0.15) is 33.4 Å². The summed E-state index contributed by atoms with van der Waals surface area (Å²) in [4.78, 5) is 0. The van der Waals surface area contributed by atoms with Crippen LogP contribution in [0, 0.1) is 6.92 Å². The third kappa shape index (κ3) is 2.22. The van der Waals surface area contributed by atoms with Gasteiger partial charge < -0.3 is 0 Å². The van der Waals surface area contributed by atoms with Crippen LogP contribution in [0.15, 0.2) is 0 Å². The molecular formula is C10H18N2. The summed E-state index contributed by atoms with van der Waals surface area (Å²) in [6.07, 6.45) is 4.09. The quantitative estimate of drug-likeness (QED) is 0.619. The van der Waals surface area contributed by atoms with Gasteiger partial charge in [-0.2, -0.15) is 5.10 Å². The summed E-state index contributed by atoms with van der Waals surface area (Å²) >= 11 is 0. The monoisotopic (exact) mass is 166 g/mol. The summed E-state index contributed by atoms with van der Waals surface area (Å²) in [6, 6.07) is 0. The second-order valence-electron chi connectivity index (χ2n) is 2.21. The molecule has 0 saturated carbocycles. The summed E-state index contributed by atoms with van der Waals surface area (Å²) < 4.78 is 0. The number of H-pyrrole nitrogens is 1. The molecule has 0 aromatic carbocycles. The van der Waals surface area contributed by atoms with Gasteiger partial charge in [0, 0.05) is 5.22 Å². The van der Waals surface area contributed by atoms with Crippen molar-refractivity contribution in [2.75, 3.05) is 0 Å². The Morgan fingerprint density at radius 2 is 1.75 bits per heavy atom. The third-order valence-electron chi connectivity index (χ3n) is 1.60. The van der Waals surface area contributed by atoms with Crippen molar-refractivity contribution in [2.24, 2.45) is 0 Å². The number of hydrogen-bond acceptors (Lipinski definition) is 1. The summed E-state index contributed by atoms with van der Waals surface area (Å²) in [5, 5.41) is 9.33. The molecule has 0 spiro atoms. The highest BCUT2D eigenvalue weighted by molar-refractivity contribution is 5.27. The molecule has 1 aromatic heterocycles. The lowest BCUT2D eigenvalue weighted by Crippen LogP contribution is -2.22. The Morgan fingerprint density at radius 1 is 1.17 bits per heavy atom. The fourth-order valence-electron chi connectivity index (χ4n) is 1.04. The highest BCUT2D eigenvalue weighted by Gasteiger charge is 1.90. The molecule has 2 heteroatoms. The molecule has 0 radical (unpaired) electrons. The van der Waals surface area contributed by atoms with Crippen molar-refractivity contribution in [1.29, 1.82) is 0 Å². The van der Waals surface area contributed by atoms with Crippen molar-refractivity contribution in [2.45, 2.75) is 34.6 Å². The predicted molar refractivity (Wildman–Crippen MR) is 54.2 cm³/mol. The van der Waals surface area contributed by atoms with Crippen LogP contribution in [0.2, 0.25) is 0 Å². The summed E-state index contributed by atoms with van der Waals surface area (Å²) in [6.45, 7) is 10.0. The lowest BCUT2D eigenvalue weighted by atomic mass is 10.3. The van der Waals surface area contributed by atoms with Gasteiger partial charge in [-0.05, 0) is 20.8 Å². The van der Waals surface area contributed by atoms with Gasteiger partial charge >= 0.3 is 0 Å². The maximum Gasteiger partial charge on any atom is 0.0666 e. The molecule has 0 aliphatic rings. The first kappa shape index (κ1) is 11.0. The Bertz CT molecular complexity index is 320. The molecule has 1 aromatic rings. The number of rotatable bonds is 0. The molecule has 2 nitrogen and oxygen atoms in total. The van der Waals surface area contributed by atoms with E-state index in [0.717, 1.165) is 11.0 Å². The van der Waals surface area contributed by atoms with E-state index in [-0.39, 0.29) is 0 Å². The van der Waals surface area contributed by atoms with Gasteiger partial charge in [0.1, 0.15) is 0 Å². The maximum absolute atomic E-state index is 4.07. The minimum absolute atomic E-state index is 1.07. The molecule has 0 bridgehead atoms. The molecule has 12 heavy (non-hydrogen) atoms. The van der Waals surface area contributed by atoms with E-state index >= 15 is 0 Å². The van der Waals surface area contributed by atoms with E-state index in [1.54, 1.807) is 0 Å². The van der Waals surface area contributed by atoms with Gasteiger partial charge in [0.25, 0.3) is 0 Å². The van der Waals surface area contributed by atoms with Crippen molar-refractivity contribution in [3.63, 3.8) is 0 Å². The molecule has 0 atom stereocenters.